The van der Waals surface area contributed by atoms with Crippen molar-refractivity contribution in [1.82, 2.24) is 10.2 Å². The predicted octanol–water partition coefficient (Wildman–Crippen LogP) is 3.21. The lowest BCUT2D eigenvalue weighted by Crippen LogP contribution is -2.29. The van der Waals surface area contributed by atoms with Crippen LogP contribution >= 0.6 is 0 Å². The van der Waals surface area contributed by atoms with Crippen molar-refractivity contribution in [3.63, 3.8) is 0 Å². The second kappa shape index (κ2) is 6.06. The van der Waals surface area contributed by atoms with Crippen molar-refractivity contribution in [1.29, 1.82) is 0 Å². The number of nitrogens with one attached hydrogen (secondary N) is 1. The van der Waals surface area contributed by atoms with E-state index in [4.69, 9.17) is 0 Å². The van der Waals surface area contributed by atoms with Gasteiger partial charge in [0.1, 0.15) is 0 Å². The van der Waals surface area contributed by atoms with Crippen LogP contribution in [0.4, 0.5) is 0 Å². The molecule has 0 radical (unpaired) electrons. The van der Waals surface area contributed by atoms with Gasteiger partial charge in [-0.15, -0.1) is 0 Å². The molecule has 0 amide bonds. The van der Waals surface area contributed by atoms with Crippen LogP contribution in [0.3, 0.4) is 0 Å². The number of benzene rings is 1. The first-order valence-corrected chi connectivity index (χ1v) is 7.54. The van der Waals surface area contributed by atoms with Gasteiger partial charge in [-0.1, -0.05) is 19.1 Å². The summed E-state index contributed by atoms with van der Waals surface area (Å²) in [5.74, 6) is 0.741. The summed E-state index contributed by atoms with van der Waals surface area (Å²) in [5, 5.41) is 3.37. The van der Waals surface area contributed by atoms with Gasteiger partial charge in [0, 0.05) is 6.04 Å². The molecule has 1 N–H and O–H groups in total. The number of hydrogen-bond acceptors (Lipinski definition) is 2. The van der Waals surface area contributed by atoms with E-state index < -0.39 is 0 Å². The van der Waals surface area contributed by atoms with E-state index >= 15 is 0 Å². The summed E-state index contributed by atoms with van der Waals surface area (Å²) in [6.45, 7) is 12.5. The van der Waals surface area contributed by atoms with E-state index in [1.54, 1.807) is 5.56 Å². The van der Waals surface area contributed by atoms with Gasteiger partial charge in [0.15, 0.2) is 0 Å². The number of nitrogens with zero attached hydrogens (tertiary/aromatic N) is 1. The molecule has 1 aromatic carbocycles. The third-order valence-electron chi connectivity index (χ3n) is 4.70. The van der Waals surface area contributed by atoms with E-state index in [2.05, 4.69) is 57.1 Å². The molecule has 1 aliphatic heterocycles. The summed E-state index contributed by atoms with van der Waals surface area (Å²) in [7, 11) is 2.07. The van der Waals surface area contributed by atoms with Crippen LogP contribution in [0.5, 0.6) is 0 Å². The highest BCUT2D eigenvalue weighted by atomic mass is 15.2. The first-order chi connectivity index (χ1) is 9.08. The van der Waals surface area contributed by atoms with E-state index in [1.165, 1.54) is 29.7 Å². The Morgan fingerprint density at radius 1 is 1.16 bits per heavy atom. The molecular weight excluding hydrogens is 232 g/mol. The summed E-state index contributed by atoms with van der Waals surface area (Å²) < 4.78 is 0. The van der Waals surface area contributed by atoms with Crippen molar-refractivity contribution >= 4 is 0 Å². The highest BCUT2D eigenvalue weighted by Gasteiger charge is 2.34. The molecule has 1 aliphatic rings. The largest absolute Gasteiger partial charge is 0.319 e. The Bertz CT molecular complexity index is 439. The Labute approximate surface area is 118 Å². The fourth-order valence-corrected chi connectivity index (χ4v) is 3.51. The molecule has 0 aromatic heterocycles. The fraction of sp³-hybridized carbons (Fsp3) is 0.647. The minimum Gasteiger partial charge on any atom is -0.319 e. The van der Waals surface area contributed by atoms with Crippen molar-refractivity contribution in [3.8, 4) is 0 Å². The number of aryl methyl sites for hydroxylation is 3. The summed E-state index contributed by atoms with van der Waals surface area (Å²) in [6.07, 6.45) is 1.31. The standard InChI is InChI=1S/C17H28N2/c1-6-19-8-7-15(11-18-5)17(19)16-10-13(3)12(2)9-14(16)4/h9-10,15,17-18H,6-8,11H2,1-5H3. The van der Waals surface area contributed by atoms with Crippen LogP contribution in [0.25, 0.3) is 0 Å². The molecule has 1 fully saturated rings. The molecule has 2 unspecified atom stereocenters. The molecule has 2 heteroatoms. The van der Waals surface area contributed by atoms with E-state index in [1.807, 2.05) is 0 Å². The van der Waals surface area contributed by atoms with Crippen LogP contribution in [0.15, 0.2) is 12.1 Å². The topological polar surface area (TPSA) is 15.3 Å². The lowest BCUT2D eigenvalue weighted by atomic mass is 9.88. The van der Waals surface area contributed by atoms with Crippen LogP contribution in [0, 0.1) is 26.7 Å². The van der Waals surface area contributed by atoms with Gasteiger partial charge in [-0.3, -0.25) is 4.90 Å². The molecule has 0 saturated carbocycles. The molecule has 1 saturated heterocycles. The molecule has 0 bridgehead atoms. The van der Waals surface area contributed by atoms with E-state index in [9.17, 15) is 0 Å². The van der Waals surface area contributed by atoms with Gasteiger partial charge < -0.3 is 5.32 Å². The van der Waals surface area contributed by atoms with Crippen LogP contribution < -0.4 is 5.32 Å². The molecule has 0 spiro atoms. The Morgan fingerprint density at radius 2 is 1.84 bits per heavy atom. The molecule has 2 rings (SSSR count). The second-order valence-electron chi connectivity index (χ2n) is 5.97. The lowest BCUT2D eigenvalue weighted by Gasteiger charge is -2.29. The van der Waals surface area contributed by atoms with Crippen LogP contribution in [-0.4, -0.2) is 31.6 Å². The van der Waals surface area contributed by atoms with Gasteiger partial charge in [0.05, 0.1) is 0 Å². The van der Waals surface area contributed by atoms with Gasteiger partial charge in [0.2, 0.25) is 0 Å². The maximum atomic E-state index is 3.37. The zero-order valence-corrected chi connectivity index (χ0v) is 13.1. The highest BCUT2D eigenvalue weighted by Crippen LogP contribution is 2.38. The average Bonchev–Trinajstić information content (AvgIpc) is 2.77. The Hall–Kier alpha value is -0.860. The monoisotopic (exact) mass is 260 g/mol. The Kier molecular flexibility index (Phi) is 4.64. The average molecular weight is 260 g/mol. The molecule has 1 heterocycles. The van der Waals surface area contributed by atoms with Gasteiger partial charge in [-0.05, 0) is 82.0 Å². The minimum atomic E-state index is 0.594. The van der Waals surface area contributed by atoms with Crippen LogP contribution in [-0.2, 0) is 0 Å². The minimum absolute atomic E-state index is 0.594. The highest BCUT2D eigenvalue weighted by molar-refractivity contribution is 5.39. The van der Waals surface area contributed by atoms with Crippen LogP contribution in [0.1, 0.15) is 41.6 Å². The number of rotatable bonds is 4. The summed E-state index contributed by atoms with van der Waals surface area (Å²) in [4.78, 5) is 2.64. The molecule has 1 aromatic rings. The van der Waals surface area contributed by atoms with Gasteiger partial charge in [-0.25, -0.2) is 0 Å². The summed E-state index contributed by atoms with van der Waals surface area (Å²) in [5.41, 5.74) is 5.83. The summed E-state index contributed by atoms with van der Waals surface area (Å²) >= 11 is 0. The van der Waals surface area contributed by atoms with E-state index in [-0.39, 0.29) is 0 Å². The van der Waals surface area contributed by atoms with Crippen molar-refractivity contribution in [3.05, 3.63) is 34.4 Å². The van der Waals surface area contributed by atoms with Crippen molar-refractivity contribution in [2.24, 2.45) is 5.92 Å². The quantitative estimate of drug-likeness (QED) is 0.894. The Morgan fingerprint density at radius 3 is 2.47 bits per heavy atom. The molecule has 2 atom stereocenters. The summed E-state index contributed by atoms with van der Waals surface area (Å²) in [6, 6.07) is 5.37. The van der Waals surface area contributed by atoms with Gasteiger partial charge >= 0.3 is 0 Å². The van der Waals surface area contributed by atoms with Crippen molar-refractivity contribution in [2.75, 3.05) is 26.7 Å². The molecule has 0 aliphatic carbocycles. The lowest BCUT2D eigenvalue weighted by molar-refractivity contribution is 0.237. The zero-order valence-electron chi connectivity index (χ0n) is 13.1. The van der Waals surface area contributed by atoms with E-state index in [0.717, 1.165) is 19.0 Å². The zero-order chi connectivity index (χ0) is 14.0. The smallest absolute Gasteiger partial charge is 0.0391 e. The maximum absolute atomic E-state index is 3.37. The maximum Gasteiger partial charge on any atom is 0.0391 e. The number of likely N-dealkylation sites (tertiary alicyclic amines) is 1. The van der Waals surface area contributed by atoms with Gasteiger partial charge in [0.25, 0.3) is 0 Å². The second-order valence-corrected chi connectivity index (χ2v) is 5.97. The normalized spacial score (nSPS) is 24.1. The first-order valence-electron chi connectivity index (χ1n) is 7.54. The predicted molar refractivity (Wildman–Crippen MR) is 82.7 cm³/mol. The molecule has 19 heavy (non-hydrogen) atoms. The third-order valence-corrected chi connectivity index (χ3v) is 4.70. The fourth-order valence-electron chi connectivity index (χ4n) is 3.51. The third kappa shape index (κ3) is 2.85. The molecule has 2 nitrogen and oxygen atoms in total. The first kappa shape index (κ1) is 14.5. The number of hydrogen-bond donors (Lipinski definition) is 1. The van der Waals surface area contributed by atoms with E-state index in [0.29, 0.717) is 6.04 Å². The SMILES string of the molecule is CCN1CCC(CNC)C1c1cc(C)c(C)cc1C. The van der Waals surface area contributed by atoms with Crippen molar-refractivity contribution < 1.29 is 0 Å². The van der Waals surface area contributed by atoms with Crippen LogP contribution in [0.2, 0.25) is 0 Å². The Balaban J connectivity index is 2.38. The molecular formula is C17H28N2. The van der Waals surface area contributed by atoms with Gasteiger partial charge in [-0.2, -0.15) is 0 Å². The van der Waals surface area contributed by atoms with Crippen molar-refractivity contribution in [2.45, 2.75) is 40.2 Å². The molecule has 106 valence electrons.